The van der Waals surface area contributed by atoms with Crippen molar-refractivity contribution >= 4 is 5.69 Å². The Balaban J connectivity index is 2.08. The highest BCUT2D eigenvalue weighted by atomic mass is 16.5. The summed E-state index contributed by atoms with van der Waals surface area (Å²) in [6.45, 7) is 7.89. The zero-order valence-corrected chi connectivity index (χ0v) is 12.8. The third-order valence-corrected chi connectivity index (χ3v) is 3.63. The summed E-state index contributed by atoms with van der Waals surface area (Å²) < 4.78 is 5.76. The largest absolute Gasteiger partial charge is 0.490 e. The second-order valence-electron chi connectivity index (χ2n) is 5.73. The Kier molecular flexibility index (Phi) is 3.60. The fourth-order valence-corrected chi connectivity index (χ4v) is 2.73. The van der Waals surface area contributed by atoms with Gasteiger partial charge >= 0.3 is 0 Å². The van der Waals surface area contributed by atoms with Crippen molar-refractivity contribution in [2.24, 2.45) is 0 Å². The van der Waals surface area contributed by atoms with Crippen LogP contribution in [-0.2, 0) is 6.42 Å². The van der Waals surface area contributed by atoms with Gasteiger partial charge in [0.05, 0.1) is 6.10 Å². The van der Waals surface area contributed by atoms with Crippen molar-refractivity contribution in [3.8, 4) is 22.9 Å². The summed E-state index contributed by atoms with van der Waals surface area (Å²) in [6.07, 6.45) is 0.864. The Morgan fingerprint density at radius 3 is 2.82 bits per heavy atom. The van der Waals surface area contributed by atoms with Gasteiger partial charge in [-0.1, -0.05) is 24.8 Å². The molecule has 2 aromatic rings. The maximum absolute atomic E-state index is 9.55. The molecule has 0 unspecified atom stereocenters. The zero-order chi connectivity index (χ0) is 15.7. The average Bonchev–Trinajstić information content (AvgIpc) is 2.85. The number of hydrogen-bond donors (Lipinski definition) is 1. The number of nitrogens with one attached hydrogen (secondary N) is 1. The number of fused-ring (bicyclic) bond motifs is 1. The van der Waals surface area contributed by atoms with Gasteiger partial charge in [0, 0.05) is 23.4 Å². The Bertz CT molecular complexity index is 785. The molecule has 0 spiro atoms. The Morgan fingerprint density at radius 1 is 1.27 bits per heavy atom. The van der Waals surface area contributed by atoms with E-state index in [1.165, 1.54) is 5.56 Å². The monoisotopic (exact) mass is 290 g/mol. The molecule has 1 aliphatic rings. The number of ether oxygens (including phenoxy) is 1. The smallest absolute Gasteiger partial charge is 0.138 e. The predicted molar refractivity (Wildman–Crippen MR) is 88.8 cm³/mol. The highest BCUT2D eigenvalue weighted by molar-refractivity contribution is 5.77. The maximum atomic E-state index is 9.55. The lowest BCUT2D eigenvalue weighted by Crippen LogP contribution is -2.07. The highest BCUT2D eigenvalue weighted by Crippen LogP contribution is 2.35. The minimum atomic E-state index is 0.0369. The van der Waals surface area contributed by atoms with Crippen LogP contribution in [-0.4, -0.2) is 6.10 Å². The van der Waals surface area contributed by atoms with Gasteiger partial charge in [0.25, 0.3) is 0 Å². The van der Waals surface area contributed by atoms with Crippen LogP contribution in [0.25, 0.3) is 11.1 Å². The first kappa shape index (κ1) is 14.2. The van der Waals surface area contributed by atoms with E-state index in [4.69, 9.17) is 4.74 Å². The lowest BCUT2D eigenvalue weighted by molar-refractivity contribution is 0.242. The summed E-state index contributed by atoms with van der Waals surface area (Å²) in [5.74, 6) is 0.637. The molecule has 0 aliphatic carbocycles. The van der Waals surface area contributed by atoms with Crippen molar-refractivity contribution < 1.29 is 4.74 Å². The number of hydrogen-bond acceptors (Lipinski definition) is 3. The van der Waals surface area contributed by atoms with Crippen LogP contribution in [0.2, 0.25) is 0 Å². The van der Waals surface area contributed by atoms with Crippen molar-refractivity contribution in [1.82, 2.24) is 0 Å². The first-order valence-corrected chi connectivity index (χ1v) is 7.36. The molecule has 3 nitrogen and oxygen atoms in total. The molecule has 2 aromatic carbocycles. The molecule has 0 fully saturated rings. The van der Waals surface area contributed by atoms with Gasteiger partial charge in [-0.15, -0.1) is 0 Å². The molecule has 1 N–H and O–H groups in total. The Morgan fingerprint density at radius 2 is 2.09 bits per heavy atom. The molecule has 110 valence electrons. The van der Waals surface area contributed by atoms with E-state index in [1.807, 2.05) is 44.2 Å². The van der Waals surface area contributed by atoms with E-state index in [0.29, 0.717) is 11.3 Å². The van der Waals surface area contributed by atoms with E-state index >= 15 is 0 Å². The first-order chi connectivity index (χ1) is 10.6. The third-order valence-electron chi connectivity index (χ3n) is 3.63. The zero-order valence-electron chi connectivity index (χ0n) is 12.8. The molecule has 0 bridgehead atoms. The van der Waals surface area contributed by atoms with E-state index in [0.717, 1.165) is 28.9 Å². The average molecular weight is 290 g/mol. The summed E-state index contributed by atoms with van der Waals surface area (Å²) in [4.78, 5) is 0. The number of nitriles is 1. The van der Waals surface area contributed by atoms with Crippen molar-refractivity contribution in [2.75, 3.05) is 5.32 Å². The first-order valence-electron chi connectivity index (χ1n) is 7.36. The van der Waals surface area contributed by atoms with Crippen LogP contribution in [0.5, 0.6) is 5.75 Å². The molecule has 0 saturated heterocycles. The molecule has 0 radical (unpaired) electrons. The minimum absolute atomic E-state index is 0.0369. The normalized spacial score (nSPS) is 12.7. The summed E-state index contributed by atoms with van der Waals surface area (Å²) in [6, 6.07) is 14.2. The second-order valence-corrected chi connectivity index (χ2v) is 5.73. The Labute approximate surface area is 130 Å². The Hall–Kier alpha value is -2.73. The third kappa shape index (κ3) is 2.56. The number of benzene rings is 2. The van der Waals surface area contributed by atoms with Crippen LogP contribution >= 0.6 is 0 Å². The quantitative estimate of drug-likeness (QED) is 0.905. The molecule has 1 aliphatic heterocycles. The van der Waals surface area contributed by atoms with E-state index in [2.05, 4.69) is 24.0 Å². The molecule has 3 heteroatoms. The summed E-state index contributed by atoms with van der Waals surface area (Å²) >= 11 is 0. The van der Waals surface area contributed by atoms with E-state index < -0.39 is 0 Å². The minimum Gasteiger partial charge on any atom is -0.490 e. The standard InChI is InChI=1S/C19H18N2O/c1-12(2)22-19-6-4-5-16(17(19)11-20)14-7-8-18-15(10-14)9-13(3)21-18/h4-8,10,12,21H,3,9H2,1-2H3. The molecular formula is C19H18N2O. The summed E-state index contributed by atoms with van der Waals surface area (Å²) in [5.41, 5.74) is 5.83. The number of nitrogens with zero attached hydrogens (tertiary/aromatic N) is 1. The molecule has 1 heterocycles. The number of allylic oxidation sites excluding steroid dienone is 1. The van der Waals surface area contributed by atoms with Crippen molar-refractivity contribution in [3.63, 3.8) is 0 Å². The van der Waals surface area contributed by atoms with Gasteiger partial charge in [0.2, 0.25) is 0 Å². The van der Waals surface area contributed by atoms with Crippen molar-refractivity contribution in [2.45, 2.75) is 26.4 Å². The summed E-state index contributed by atoms with van der Waals surface area (Å²) in [7, 11) is 0. The molecule has 22 heavy (non-hydrogen) atoms. The van der Waals surface area contributed by atoms with E-state index in [9.17, 15) is 5.26 Å². The number of anilines is 1. The SMILES string of the molecule is C=C1Cc2cc(-c3cccc(OC(C)C)c3C#N)ccc2N1. The van der Waals surface area contributed by atoms with Crippen LogP contribution in [0.4, 0.5) is 5.69 Å². The molecule has 3 rings (SSSR count). The van der Waals surface area contributed by atoms with Gasteiger partial charge in [-0.25, -0.2) is 0 Å². The van der Waals surface area contributed by atoms with Crippen molar-refractivity contribution in [1.29, 1.82) is 5.26 Å². The van der Waals surface area contributed by atoms with Gasteiger partial charge in [0.15, 0.2) is 0 Å². The molecule has 0 amide bonds. The van der Waals surface area contributed by atoms with Crippen LogP contribution in [0.1, 0.15) is 25.0 Å². The van der Waals surface area contributed by atoms with Crippen LogP contribution in [0.3, 0.4) is 0 Å². The lowest BCUT2D eigenvalue weighted by atomic mass is 9.97. The van der Waals surface area contributed by atoms with Crippen LogP contribution in [0, 0.1) is 11.3 Å². The van der Waals surface area contributed by atoms with Crippen molar-refractivity contribution in [3.05, 3.63) is 59.8 Å². The number of rotatable bonds is 3. The van der Waals surface area contributed by atoms with Gasteiger partial charge in [-0.2, -0.15) is 5.26 Å². The maximum Gasteiger partial charge on any atom is 0.138 e. The lowest BCUT2D eigenvalue weighted by Gasteiger charge is -2.14. The van der Waals surface area contributed by atoms with E-state index in [1.54, 1.807) is 0 Å². The highest BCUT2D eigenvalue weighted by Gasteiger charge is 2.16. The molecule has 0 saturated carbocycles. The molecule has 0 aromatic heterocycles. The second kappa shape index (κ2) is 5.57. The summed E-state index contributed by atoms with van der Waals surface area (Å²) in [5, 5.41) is 12.8. The van der Waals surface area contributed by atoms with Crippen LogP contribution in [0.15, 0.2) is 48.7 Å². The topological polar surface area (TPSA) is 45.0 Å². The molecule has 0 atom stereocenters. The van der Waals surface area contributed by atoms with E-state index in [-0.39, 0.29) is 6.10 Å². The van der Waals surface area contributed by atoms with Gasteiger partial charge < -0.3 is 10.1 Å². The molecular weight excluding hydrogens is 272 g/mol. The van der Waals surface area contributed by atoms with Gasteiger partial charge in [-0.05, 0) is 43.2 Å². The van der Waals surface area contributed by atoms with Gasteiger partial charge in [0.1, 0.15) is 17.4 Å². The van der Waals surface area contributed by atoms with Gasteiger partial charge in [-0.3, -0.25) is 0 Å². The fraction of sp³-hybridized carbons (Fsp3) is 0.211. The van der Waals surface area contributed by atoms with Crippen LogP contribution < -0.4 is 10.1 Å². The fourth-order valence-electron chi connectivity index (χ4n) is 2.73. The predicted octanol–water partition coefficient (Wildman–Crippen LogP) is 4.49.